The highest BCUT2D eigenvalue weighted by atomic mass is 32.2. The van der Waals surface area contributed by atoms with E-state index < -0.39 is 15.9 Å². The summed E-state index contributed by atoms with van der Waals surface area (Å²) in [6.07, 6.45) is 2.16. The van der Waals surface area contributed by atoms with Gasteiger partial charge >= 0.3 is 0 Å². The van der Waals surface area contributed by atoms with Crippen molar-refractivity contribution in [2.45, 2.75) is 25.2 Å². The molecule has 0 aliphatic rings. The zero-order chi connectivity index (χ0) is 22.3. The van der Waals surface area contributed by atoms with Gasteiger partial charge in [-0.3, -0.25) is 9.10 Å². The van der Waals surface area contributed by atoms with Crippen molar-refractivity contribution in [3.05, 3.63) is 95.6 Å². The van der Waals surface area contributed by atoms with Crippen LogP contribution in [0.3, 0.4) is 0 Å². The first-order valence-corrected chi connectivity index (χ1v) is 11.4. The highest BCUT2D eigenvalue weighted by Crippen LogP contribution is 2.27. The van der Waals surface area contributed by atoms with Gasteiger partial charge in [0.25, 0.3) is 15.9 Å². The molecule has 1 amide bonds. The van der Waals surface area contributed by atoms with Crippen molar-refractivity contribution in [3.8, 4) is 0 Å². The van der Waals surface area contributed by atoms with E-state index >= 15 is 0 Å². The van der Waals surface area contributed by atoms with Crippen LogP contribution >= 0.6 is 0 Å². The van der Waals surface area contributed by atoms with Crippen LogP contribution in [0.2, 0.25) is 0 Å². The van der Waals surface area contributed by atoms with Crippen LogP contribution in [0, 0.1) is 6.92 Å². The van der Waals surface area contributed by atoms with E-state index in [0.717, 1.165) is 21.0 Å². The predicted molar refractivity (Wildman–Crippen MR) is 124 cm³/mol. The highest BCUT2D eigenvalue weighted by Gasteiger charge is 2.28. The van der Waals surface area contributed by atoms with Gasteiger partial charge in [0.1, 0.15) is 6.54 Å². The molecule has 0 aromatic heterocycles. The molecule has 0 spiro atoms. The number of hydrogen-bond donors (Lipinski definition) is 1. The lowest BCUT2D eigenvalue weighted by atomic mass is 10.1. The molecule has 6 nitrogen and oxygen atoms in total. The van der Waals surface area contributed by atoms with E-state index in [9.17, 15) is 13.2 Å². The van der Waals surface area contributed by atoms with Gasteiger partial charge in [0, 0.05) is 0 Å². The average Bonchev–Trinajstić information content (AvgIpc) is 2.78. The van der Waals surface area contributed by atoms with E-state index in [4.69, 9.17) is 0 Å². The third-order valence-electron chi connectivity index (χ3n) is 4.70. The van der Waals surface area contributed by atoms with Crippen molar-refractivity contribution in [2.75, 3.05) is 10.8 Å². The molecular weight excluding hydrogens is 410 g/mol. The standard InChI is InChI=1S/C24H25N3O3S/c1-3-21-12-7-8-15-23(21)27(31(29,30)22-13-5-4-6-14-22)18-24(28)26-25-17-20-11-9-10-19(2)16-20/h4-17H,3,18H2,1-2H3,(H,26,28)/b25-17-. The van der Waals surface area contributed by atoms with Crippen LogP contribution in [0.25, 0.3) is 0 Å². The van der Waals surface area contributed by atoms with Gasteiger partial charge in [0.15, 0.2) is 0 Å². The summed E-state index contributed by atoms with van der Waals surface area (Å²) < 4.78 is 27.9. The van der Waals surface area contributed by atoms with Crippen molar-refractivity contribution in [1.29, 1.82) is 0 Å². The van der Waals surface area contributed by atoms with Crippen molar-refractivity contribution >= 4 is 27.8 Å². The van der Waals surface area contributed by atoms with Crippen molar-refractivity contribution in [1.82, 2.24) is 5.43 Å². The molecule has 31 heavy (non-hydrogen) atoms. The third kappa shape index (κ3) is 5.58. The molecule has 7 heteroatoms. The molecule has 0 aliphatic carbocycles. The van der Waals surface area contributed by atoms with E-state index in [-0.39, 0.29) is 11.4 Å². The van der Waals surface area contributed by atoms with E-state index in [1.165, 1.54) is 18.3 Å². The molecule has 0 saturated carbocycles. The second kappa shape index (κ2) is 10.0. The molecule has 3 aromatic carbocycles. The van der Waals surface area contributed by atoms with Crippen LogP contribution in [0.5, 0.6) is 0 Å². The van der Waals surface area contributed by atoms with Gasteiger partial charge in [-0.15, -0.1) is 0 Å². The van der Waals surface area contributed by atoms with E-state index in [2.05, 4.69) is 10.5 Å². The number of nitrogens with one attached hydrogen (secondary N) is 1. The maximum Gasteiger partial charge on any atom is 0.264 e. The Morgan fingerprint density at radius 3 is 2.42 bits per heavy atom. The van der Waals surface area contributed by atoms with Gasteiger partial charge in [-0.2, -0.15) is 5.10 Å². The van der Waals surface area contributed by atoms with E-state index in [1.54, 1.807) is 30.3 Å². The Hall–Kier alpha value is -3.45. The summed E-state index contributed by atoms with van der Waals surface area (Å²) in [7, 11) is -3.94. The minimum atomic E-state index is -3.94. The number of nitrogens with zero attached hydrogens (tertiary/aromatic N) is 2. The molecular formula is C24H25N3O3S. The maximum absolute atomic E-state index is 13.4. The molecule has 0 heterocycles. The molecule has 0 fully saturated rings. The number of benzene rings is 3. The molecule has 160 valence electrons. The van der Waals surface area contributed by atoms with Gasteiger partial charge in [0.05, 0.1) is 16.8 Å². The summed E-state index contributed by atoms with van der Waals surface area (Å²) >= 11 is 0. The SMILES string of the molecule is CCc1ccccc1N(CC(=O)N/N=C\c1cccc(C)c1)S(=O)(=O)c1ccccc1. The Labute approximate surface area is 183 Å². The highest BCUT2D eigenvalue weighted by molar-refractivity contribution is 7.92. The Bertz CT molecular complexity index is 1180. The number of hydrogen-bond acceptors (Lipinski definition) is 4. The number of para-hydroxylation sites is 1. The second-order valence-electron chi connectivity index (χ2n) is 7.01. The third-order valence-corrected chi connectivity index (χ3v) is 6.48. The Morgan fingerprint density at radius 1 is 1.00 bits per heavy atom. The zero-order valence-electron chi connectivity index (χ0n) is 17.5. The van der Waals surface area contributed by atoms with E-state index in [1.807, 2.05) is 50.2 Å². The number of rotatable bonds is 8. The van der Waals surface area contributed by atoms with E-state index in [0.29, 0.717) is 12.1 Å². The number of carbonyl (C=O) groups excluding carboxylic acids is 1. The summed E-state index contributed by atoms with van der Waals surface area (Å²) in [5.41, 5.74) is 5.66. The van der Waals surface area contributed by atoms with Gasteiger partial charge in [-0.1, -0.05) is 73.2 Å². The topological polar surface area (TPSA) is 78.8 Å². The lowest BCUT2D eigenvalue weighted by Gasteiger charge is -2.25. The molecule has 0 unspecified atom stereocenters. The van der Waals surface area contributed by atoms with Crippen molar-refractivity contribution < 1.29 is 13.2 Å². The summed E-state index contributed by atoms with van der Waals surface area (Å²) in [5.74, 6) is -0.533. The minimum Gasteiger partial charge on any atom is -0.271 e. The molecule has 0 radical (unpaired) electrons. The summed E-state index contributed by atoms with van der Waals surface area (Å²) in [6.45, 7) is 3.52. The number of sulfonamides is 1. The normalized spacial score (nSPS) is 11.4. The van der Waals surface area contributed by atoms with Crippen LogP contribution in [-0.4, -0.2) is 27.1 Å². The number of hydrazone groups is 1. The first-order chi connectivity index (χ1) is 14.9. The number of amides is 1. The molecule has 1 N–H and O–H groups in total. The Kier molecular flexibility index (Phi) is 7.20. The predicted octanol–water partition coefficient (Wildman–Crippen LogP) is 3.90. The lowest BCUT2D eigenvalue weighted by Crippen LogP contribution is -2.40. The van der Waals surface area contributed by atoms with Crippen LogP contribution < -0.4 is 9.73 Å². The quantitative estimate of drug-likeness (QED) is 0.430. The molecule has 3 rings (SSSR count). The summed E-state index contributed by atoms with van der Waals surface area (Å²) in [5, 5.41) is 3.98. The van der Waals surface area contributed by atoms with Gasteiger partial charge in [-0.25, -0.2) is 13.8 Å². The Morgan fingerprint density at radius 2 is 1.71 bits per heavy atom. The minimum absolute atomic E-state index is 0.122. The van der Waals surface area contributed by atoms with Gasteiger partial charge in [0.2, 0.25) is 0 Å². The fourth-order valence-electron chi connectivity index (χ4n) is 3.17. The van der Waals surface area contributed by atoms with Crippen LogP contribution in [0.4, 0.5) is 5.69 Å². The first kappa shape index (κ1) is 22.2. The fraction of sp³-hybridized carbons (Fsp3) is 0.167. The van der Waals surface area contributed by atoms with Crippen molar-refractivity contribution in [3.63, 3.8) is 0 Å². The molecule has 0 bridgehead atoms. The van der Waals surface area contributed by atoms with Crippen LogP contribution in [0.15, 0.2) is 88.9 Å². The van der Waals surface area contributed by atoms with Crippen LogP contribution in [0.1, 0.15) is 23.6 Å². The molecule has 0 atom stereocenters. The smallest absolute Gasteiger partial charge is 0.264 e. The molecule has 0 aliphatic heterocycles. The summed E-state index contributed by atoms with van der Waals surface area (Å²) in [6, 6.07) is 22.9. The fourth-order valence-corrected chi connectivity index (χ4v) is 4.65. The summed E-state index contributed by atoms with van der Waals surface area (Å²) in [4.78, 5) is 12.8. The van der Waals surface area contributed by atoms with Crippen molar-refractivity contribution in [2.24, 2.45) is 5.10 Å². The number of carbonyl (C=O) groups is 1. The number of aryl methyl sites for hydroxylation is 2. The molecule has 3 aromatic rings. The largest absolute Gasteiger partial charge is 0.271 e. The number of anilines is 1. The second-order valence-corrected chi connectivity index (χ2v) is 8.88. The lowest BCUT2D eigenvalue weighted by molar-refractivity contribution is -0.119. The monoisotopic (exact) mass is 435 g/mol. The zero-order valence-corrected chi connectivity index (χ0v) is 18.3. The molecule has 0 saturated heterocycles. The van der Waals surface area contributed by atoms with Crippen LogP contribution in [-0.2, 0) is 21.2 Å². The van der Waals surface area contributed by atoms with Gasteiger partial charge in [-0.05, 0) is 42.7 Å². The Balaban J connectivity index is 1.87. The first-order valence-electron chi connectivity index (χ1n) is 9.96. The average molecular weight is 436 g/mol. The maximum atomic E-state index is 13.4. The van der Waals surface area contributed by atoms with Gasteiger partial charge < -0.3 is 0 Å².